The number of aryl methyl sites for hydroxylation is 1. The number of nitrogens with one attached hydrogen (secondary N) is 1. The van der Waals surface area contributed by atoms with Gasteiger partial charge in [0.1, 0.15) is 6.54 Å². The van der Waals surface area contributed by atoms with E-state index in [1.807, 2.05) is 36.4 Å². The molecule has 0 aliphatic rings. The summed E-state index contributed by atoms with van der Waals surface area (Å²) >= 11 is 6.07. The Hall–Kier alpha value is -3.35. The fourth-order valence-corrected chi connectivity index (χ4v) is 5.25. The maximum atomic E-state index is 13.4. The van der Waals surface area contributed by atoms with Crippen LogP contribution in [-0.2, 0) is 14.8 Å². The zero-order valence-corrected chi connectivity index (χ0v) is 18.9. The number of amides is 1. The summed E-state index contributed by atoms with van der Waals surface area (Å²) in [6, 6.07) is 26.3. The molecule has 162 valence electrons. The van der Waals surface area contributed by atoms with E-state index in [1.54, 1.807) is 49.4 Å². The third-order valence-electron chi connectivity index (χ3n) is 5.08. The Kier molecular flexibility index (Phi) is 6.17. The molecule has 7 heteroatoms. The first-order chi connectivity index (χ1) is 15.3. The minimum Gasteiger partial charge on any atom is -0.324 e. The number of fused-ring (bicyclic) bond motifs is 1. The second-order valence-corrected chi connectivity index (χ2v) is 9.66. The Morgan fingerprint density at radius 3 is 2.28 bits per heavy atom. The van der Waals surface area contributed by atoms with Gasteiger partial charge in [-0.05, 0) is 65.7 Å². The standard InChI is InChI=1S/C25H21ClN2O3S/c1-18-15-21(26)12-14-24(18)28(32(30,31)23-9-3-2-4-10-23)17-25(29)27-22-13-11-19-7-5-6-8-20(19)16-22/h2-16H,17H2,1H3,(H,27,29). The number of halogens is 1. The van der Waals surface area contributed by atoms with Crippen molar-refractivity contribution in [2.45, 2.75) is 11.8 Å². The molecule has 0 aliphatic heterocycles. The zero-order valence-electron chi connectivity index (χ0n) is 17.3. The van der Waals surface area contributed by atoms with Crippen molar-refractivity contribution in [3.63, 3.8) is 0 Å². The lowest BCUT2D eigenvalue weighted by Gasteiger charge is -2.25. The minimum absolute atomic E-state index is 0.104. The van der Waals surface area contributed by atoms with Gasteiger partial charge in [-0.15, -0.1) is 0 Å². The van der Waals surface area contributed by atoms with Gasteiger partial charge in [0.05, 0.1) is 10.6 Å². The first-order valence-corrected chi connectivity index (χ1v) is 11.8. The molecule has 4 aromatic carbocycles. The van der Waals surface area contributed by atoms with E-state index in [4.69, 9.17) is 11.6 Å². The quantitative estimate of drug-likeness (QED) is 0.401. The van der Waals surface area contributed by atoms with Gasteiger partial charge in [-0.3, -0.25) is 9.10 Å². The van der Waals surface area contributed by atoms with Crippen molar-refractivity contribution < 1.29 is 13.2 Å². The Morgan fingerprint density at radius 2 is 1.56 bits per heavy atom. The highest BCUT2D eigenvalue weighted by Crippen LogP contribution is 2.29. The normalized spacial score (nSPS) is 11.3. The number of benzene rings is 4. The number of anilines is 2. The molecule has 0 aliphatic carbocycles. The second kappa shape index (κ2) is 9.02. The van der Waals surface area contributed by atoms with Crippen LogP contribution in [0.4, 0.5) is 11.4 Å². The number of hydrogen-bond donors (Lipinski definition) is 1. The average Bonchev–Trinajstić information content (AvgIpc) is 2.78. The highest BCUT2D eigenvalue weighted by Gasteiger charge is 2.28. The fourth-order valence-electron chi connectivity index (χ4n) is 3.52. The fraction of sp³-hybridized carbons (Fsp3) is 0.0800. The smallest absolute Gasteiger partial charge is 0.264 e. The predicted octanol–water partition coefficient (Wildman–Crippen LogP) is 5.64. The van der Waals surface area contributed by atoms with Crippen LogP contribution in [0.1, 0.15) is 5.56 Å². The van der Waals surface area contributed by atoms with Gasteiger partial charge in [-0.1, -0.05) is 60.1 Å². The van der Waals surface area contributed by atoms with Gasteiger partial charge in [-0.2, -0.15) is 0 Å². The molecular weight excluding hydrogens is 444 g/mol. The van der Waals surface area contributed by atoms with Gasteiger partial charge in [-0.25, -0.2) is 8.42 Å². The molecule has 0 unspecified atom stereocenters. The summed E-state index contributed by atoms with van der Waals surface area (Å²) < 4.78 is 28.0. The molecule has 1 amide bonds. The molecule has 5 nitrogen and oxygen atoms in total. The summed E-state index contributed by atoms with van der Waals surface area (Å²) in [7, 11) is -3.98. The summed E-state index contributed by atoms with van der Waals surface area (Å²) in [5, 5.41) is 5.34. The lowest BCUT2D eigenvalue weighted by molar-refractivity contribution is -0.114. The Morgan fingerprint density at radius 1 is 0.875 bits per heavy atom. The molecule has 0 saturated heterocycles. The van der Waals surface area contributed by atoms with Crippen molar-refractivity contribution in [1.82, 2.24) is 0 Å². The van der Waals surface area contributed by atoms with Gasteiger partial charge < -0.3 is 5.32 Å². The van der Waals surface area contributed by atoms with Crippen LogP contribution in [0.3, 0.4) is 0 Å². The molecule has 0 bridgehead atoms. The second-order valence-electron chi connectivity index (χ2n) is 7.37. The van der Waals surface area contributed by atoms with E-state index >= 15 is 0 Å². The molecule has 1 N–H and O–H groups in total. The number of hydrogen-bond acceptors (Lipinski definition) is 3. The summed E-state index contributed by atoms with van der Waals surface area (Å²) in [4.78, 5) is 13.0. The van der Waals surface area contributed by atoms with Gasteiger partial charge in [0.25, 0.3) is 10.0 Å². The van der Waals surface area contributed by atoms with Crippen molar-refractivity contribution in [1.29, 1.82) is 0 Å². The maximum Gasteiger partial charge on any atom is 0.264 e. The van der Waals surface area contributed by atoms with Crippen molar-refractivity contribution in [2.75, 3.05) is 16.2 Å². The minimum atomic E-state index is -3.98. The van der Waals surface area contributed by atoms with Crippen molar-refractivity contribution >= 4 is 49.7 Å². The maximum absolute atomic E-state index is 13.4. The summed E-state index contributed by atoms with van der Waals surface area (Å²) in [5.41, 5.74) is 1.64. The van der Waals surface area contributed by atoms with Crippen LogP contribution in [0.25, 0.3) is 10.8 Å². The van der Waals surface area contributed by atoms with E-state index in [-0.39, 0.29) is 11.4 Å². The van der Waals surface area contributed by atoms with Gasteiger partial charge in [0.2, 0.25) is 5.91 Å². The van der Waals surface area contributed by atoms with Gasteiger partial charge in [0, 0.05) is 10.7 Å². The van der Waals surface area contributed by atoms with E-state index < -0.39 is 15.9 Å². The lowest BCUT2D eigenvalue weighted by atomic mass is 10.1. The highest BCUT2D eigenvalue weighted by atomic mass is 35.5. The molecule has 0 saturated carbocycles. The number of carbonyl (C=O) groups excluding carboxylic acids is 1. The van der Waals surface area contributed by atoms with Crippen molar-refractivity contribution in [3.8, 4) is 0 Å². The molecule has 32 heavy (non-hydrogen) atoms. The van der Waals surface area contributed by atoms with Crippen molar-refractivity contribution in [2.24, 2.45) is 0 Å². The first kappa shape index (κ1) is 21.9. The SMILES string of the molecule is Cc1cc(Cl)ccc1N(CC(=O)Nc1ccc2ccccc2c1)S(=O)(=O)c1ccccc1. The Balaban J connectivity index is 1.67. The number of rotatable bonds is 6. The summed E-state index contributed by atoms with van der Waals surface area (Å²) in [6.45, 7) is 1.38. The molecule has 0 fully saturated rings. The van der Waals surface area contributed by atoms with E-state index in [0.717, 1.165) is 15.1 Å². The first-order valence-electron chi connectivity index (χ1n) is 9.97. The largest absolute Gasteiger partial charge is 0.324 e. The predicted molar refractivity (Wildman–Crippen MR) is 130 cm³/mol. The van der Waals surface area contributed by atoms with Gasteiger partial charge in [0.15, 0.2) is 0 Å². The van der Waals surface area contributed by atoms with Crippen LogP contribution < -0.4 is 9.62 Å². The number of sulfonamides is 1. The Labute approximate surface area is 192 Å². The van der Waals surface area contributed by atoms with Gasteiger partial charge >= 0.3 is 0 Å². The van der Waals surface area contributed by atoms with E-state index in [2.05, 4.69) is 5.32 Å². The molecule has 4 aromatic rings. The highest BCUT2D eigenvalue weighted by molar-refractivity contribution is 7.92. The molecule has 0 heterocycles. The monoisotopic (exact) mass is 464 g/mol. The molecule has 0 atom stereocenters. The average molecular weight is 465 g/mol. The van der Waals surface area contributed by atoms with E-state index in [1.165, 1.54) is 12.1 Å². The van der Waals surface area contributed by atoms with Crippen LogP contribution in [0.5, 0.6) is 0 Å². The molecule has 0 aromatic heterocycles. The topological polar surface area (TPSA) is 66.5 Å². The van der Waals surface area contributed by atoms with Crippen LogP contribution in [0.15, 0.2) is 95.9 Å². The molecule has 0 spiro atoms. The molecule has 4 rings (SSSR count). The number of nitrogens with zero attached hydrogens (tertiary/aromatic N) is 1. The summed E-state index contributed by atoms with van der Waals surface area (Å²) in [6.07, 6.45) is 0. The van der Waals surface area contributed by atoms with Crippen LogP contribution in [-0.4, -0.2) is 20.9 Å². The zero-order chi connectivity index (χ0) is 22.7. The van der Waals surface area contributed by atoms with Crippen LogP contribution in [0, 0.1) is 6.92 Å². The van der Waals surface area contributed by atoms with Crippen molar-refractivity contribution in [3.05, 3.63) is 102 Å². The third-order valence-corrected chi connectivity index (χ3v) is 7.09. The third kappa shape index (κ3) is 4.61. The lowest BCUT2D eigenvalue weighted by Crippen LogP contribution is -2.38. The molecular formula is C25H21ClN2O3S. The summed E-state index contributed by atoms with van der Waals surface area (Å²) in [5.74, 6) is -0.450. The molecule has 0 radical (unpaired) electrons. The van der Waals surface area contributed by atoms with Crippen LogP contribution >= 0.6 is 11.6 Å². The Bertz CT molecular complexity index is 1390. The van der Waals surface area contributed by atoms with E-state index in [0.29, 0.717) is 22.0 Å². The van der Waals surface area contributed by atoms with Crippen LogP contribution in [0.2, 0.25) is 5.02 Å². The van der Waals surface area contributed by atoms with E-state index in [9.17, 15) is 13.2 Å². The number of carbonyl (C=O) groups is 1.